The minimum atomic E-state index is -1.46. The van der Waals surface area contributed by atoms with E-state index < -0.39 is 12.3 Å². The average molecular weight is 267 g/mol. The summed E-state index contributed by atoms with van der Waals surface area (Å²) in [5, 5.41) is 16.7. The lowest BCUT2D eigenvalue weighted by atomic mass is 9.86. The van der Waals surface area contributed by atoms with Crippen molar-refractivity contribution >= 4 is 21.4 Å². The van der Waals surface area contributed by atoms with Gasteiger partial charge in [-0.2, -0.15) is 0 Å². The predicted octanol–water partition coefficient (Wildman–Crippen LogP) is 3.06. The Morgan fingerprint density at radius 3 is 2.83 bits per heavy atom. The number of alkyl halides is 1. The molecule has 0 spiro atoms. The van der Waals surface area contributed by atoms with Gasteiger partial charge in [-0.25, -0.2) is 4.39 Å². The summed E-state index contributed by atoms with van der Waals surface area (Å²) < 4.78 is 14.5. The summed E-state index contributed by atoms with van der Waals surface area (Å²) in [7, 11) is 1.75. The van der Waals surface area contributed by atoms with Crippen LogP contribution < -0.4 is 5.32 Å². The van der Waals surface area contributed by atoms with Crippen LogP contribution in [0.4, 0.5) is 4.39 Å². The van der Waals surface area contributed by atoms with Crippen LogP contribution in [0.5, 0.6) is 0 Å². The molecule has 2 aromatic rings. The van der Waals surface area contributed by atoms with Crippen LogP contribution in [0.2, 0.25) is 0 Å². The van der Waals surface area contributed by atoms with Crippen molar-refractivity contribution in [3.63, 3.8) is 0 Å². The van der Waals surface area contributed by atoms with Gasteiger partial charge >= 0.3 is 0 Å². The van der Waals surface area contributed by atoms with Crippen molar-refractivity contribution in [2.24, 2.45) is 0 Å². The molecule has 1 heterocycles. The third kappa shape index (κ3) is 2.16. The van der Waals surface area contributed by atoms with Gasteiger partial charge in [0, 0.05) is 10.7 Å². The Hall–Kier alpha value is -0.970. The molecule has 2 atom stereocenters. The second-order valence-corrected chi connectivity index (χ2v) is 5.43. The third-order valence-electron chi connectivity index (χ3n) is 3.49. The lowest BCUT2D eigenvalue weighted by Crippen LogP contribution is -2.48. The number of nitrogens with one attached hydrogen (secondary N) is 1. The van der Waals surface area contributed by atoms with Crippen molar-refractivity contribution in [2.45, 2.75) is 25.0 Å². The fourth-order valence-electron chi connectivity index (χ4n) is 2.38. The molecule has 0 fully saturated rings. The first-order valence-corrected chi connectivity index (χ1v) is 6.97. The molecule has 0 amide bonds. The molecule has 2 unspecified atom stereocenters. The maximum Gasteiger partial charge on any atom is 0.133 e. The molecular weight excluding hydrogens is 249 g/mol. The summed E-state index contributed by atoms with van der Waals surface area (Å²) in [6, 6.07) is 7.37. The Balaban J connectivity index is 2.47. The molecule has 18 heavy (non-hydrogen) atoms. The van der Waals surface area contributed by atoms with E-state index in [1.54, 1.807) is 18.4 Å². The van der Waals surface area contributed by atoms with Crippen molar-refractivity contribution in [2.75, 3.05) is 13.7 Å². The molecule has 4 heteroatoms. The van der Waals surface area contributed by atoms with E-state index in [9.17, 15) is 9.50 Å². The minimum absolute atomic E-state index is 0.292. The second kappa shape index (κ2) is 5.34. The first-order valence-electron chi connectivity index (χ1n) is 6.09. The fraction of sp³-hybridized carbons (Fsp3) is 0.429. The number of rotatable bonds is 5. The van der Waals surface area contributed by atoms with E-state index in [0.29, 0.717) is 12.0 Å². The number of likely N-dealkylation sites (N-methyl/N-ethyl adjacent to an activating group) is 1. The van der Waals surface area contributed by atoms with Crippen molar-refractivity contribution in [3.05, 3.63) is 35.2 Å². The van der Waals surface area contributed by atoms with Crippen LogP contribution in [0, 0.1) is 0 Å². The van der Waals surface area contributed by atoms with Crippen LogP contribution >= 0.6 is 11.3 Å². The van der Waals surface area contributed by atoms with Crippen molar-refractivity contribution in [3.8, 4) is 0 Å². The summed E-state index contributed by atoms with van der Waals surface area (Å²) in [6.07, 6.45) is 0.666. The van der Waals surface area contributed by atoms with Gasteiger partial charge in [0.05, 0.1) is 0 Å². The second-order valence-electron chi connectivity index (χ2n) is 4.48. The molecule has 0 aliphatic carbocycles. The molecule has 0 bridgehead atoms. The van der Waals surface area contributed by atoms with Gasteiger partial charge in [-0.05, 0) is 41.9 Å². The number of hydrogen-bond acceptors (Lipinski definition) is 3. The van der Waals surface area contributed by atoms with E-state index in [2.05, 4.69) is 5.32 Å². The van der Waals surface area contributed by atoms with E-state index >= 15 is 0 Å². The van der Waals surface area contributed by atoms with Crippen LogP contribution in [0.1, 0.15) is 18.9 Å². The minimum Gasteiger partial charge on any atom is -0.381 e. The van der Waals surface area contributed by atoms with Gasteiger partial charge in [0.15, 0.2) is 0 Å². The molecule has 98 valence electrons. The van der Waals surface area contributed by atoms with Gasteiger partial charge in [-0.15, -0.1) is 11.3 Å². The zero-order chi connectivity index (χ0) is 13.2. The highest BCUT2D eigenvalue weighted by Gasteiger charge is 2.37. The lowest BCUT2D eigenvalue weighted by molar-refractivity contribution is -0.0239. The highest BCUT2D eigenvalue weighted by molar-refractivity contribution is 7.17. The molecule has 0 saturated heterocycles. The van der Waals surface area contributed by atoms with Crippen molar-refractivity contribution < 1.29 is 9.50 Å². The van der Waals surface area contributed by atoms with E-state index in [1.807, 2.05) is 36.6 Å². The Bertz CT molecular complexity index is 523. The first-order chi connectivity index (χ1) is 8.65. The molecule has 0 radical (unpaired) electrons. The Morgan fingerprint density at radius 2 is 2.22 bits per heavy atom. The van der Waals surface area contributed by atoms with E-state index in [0.717, 1.165) is 10.1 Å². The maximum atomic E-state index is 13.4. The largest absolute Gasteiger partial charge is 0.381 e. The number of fused-ring (bicyclic) bond motifs is 1. The number of aliphatic hydroxyl groups is 1. The quantitative estimate of drug-likeness (QED) is 0.872. The molecule has 0 aliphatic rings. The average Bonchev–Trinajstić information content (AvgIpc) is 2.86. The van der Waals surface area contributed by atoms with E-state index in [1.165, 1.54) is 0 Å². The summed E-state index contributed by atoms with van der Waals surface area (Å²) in [5.74, 6) is 0. The van der Waals surface area contributed by atoms with Crippen LogP contribution in [-0.4, -0.2) is 24.9 Å². The first kappa shape index (κ1) is 13.5. The number of thiophene rings is 1. The topological polar surface area (TPSA) is 32.3 Å². The zero-order valence-electron chi connectivity index (χ0n) is 10.6. The number of benzene rings is 1. The Kier molecular flexibility index (Phi) is 4.00. The van der Waals surface area contributed by atoms with Gasteiger partial charge < -0.3 is 10.4 Å². The van der Waals surface area contributed by atoms with Gasteiger partial charge in [0.2, 0.25) is 0 Å². The molecule has 2 N–H and O–H groups in total. The van der Waals surface area contributed by atoms with Gasteiger partial charge in [-0.1, -0.05) is 19.1 Å². The highest BCUT2D eigenvalue weighted by atomic mass is 32.1. The zero-order valence-corrected chi connectivity index (χ0v) is 11.4. The third-order valence-corrected chi connectivity index (χ3v) is 4.37. The van der Waals surface area contributed by atoms with Crippen molar-refractivity contribution in [1.29, 1.82) is 0 Å². The molecular formula is C14H18FNOS. The van der Waals surface area contributed by atoms with Gasteiger partial charge in [-0.3, -0.25) is 0 Å². The summed E-state index contributed by atoms with van der Waals surface area (Å²) in [4.78, 5) is 0. The van der Waals surface area contributed by atoms with Crippen LogP contribution in [0.15, 0.2) is 29.6 Å². The Morgan fingerprint density at radius 1 is 1.44 bits per heavy atom. The SMILES string of the molecule is CCC(NC)C(O)(CF)c1ccc2ccsc2c1. The smallest absolute Gasteiger partial charge is 0.133 e. The van der Waals surface area contributed by atoms with Crippen molar-refractivity contribution in [1.82, 2.24) is 5.32 Å². The summed E-state index contributed by atoms with van der Waals surface area (Å²) in [6.45, 7) is 1.15. The lowest BCUT2D eigenvalue weighted by Gasteiger charge is -2.33. The molecule has 2 rings (SSSR count). The molecule has 0 saturated carbocycles. The molecule has 0 aliphatic heterocycles. The highest BCUT2D eigenvalue weighted by Crippen LogP contribution is 2.31. The molecule has 1 aromatic carbocycles. The Labute approximate surface area is 110 Å². The normalized spacial score (nSPS) is 16.7. The van der Waals surface area contributed by atoms with Gasteiger partial charge in [0.1, 0.15) is 12.3 Å². The molecule has 2 nitrogen and oxygen atoms in total. The number of halogens is 1. The van der Waals surface area contributed by atoms with Gasteiger partial charge in [0.25, 0.3) is 0 Å². The summed E-state index contributed by atoms with van der Waals surface area (Å²) in [5.41, 5.74) is -0.817. The fourth-order valence-corrected chi connectivity index (χ4v) is 3.20. The van der Waals surface area contributed by atoms with E-state index in [4.69, 9.17) is 0 Å². The van der Waals surface area contributed by atoms with Crippen LogP contribution in [-0.2, 0) is 5.60 Å². The maximum absolute atomic E-state index is 13.4. The monoisotopic (exact) mass is 267 g/mol. The van der Waals surface area contributed by atoms with E-state index in [-0.39, 0.29) is 6.04 Å². The summed E-state index contributed by atoms with van der Waals surface area (Å²) >= 11 is 1.60. The van der Waals surface area contributed by atoms with Crippen LogP contribution in [0.25, 0.3) is 10.1 Å². The number of hydrogen-bond donors (Lipinski definition) is 2. The molecule has 1 aromatic heterocycles. The van der Waals surface area contributed by atoms with Crippen LogP contribution in [0.3, 0.4) is 0 Å². The predicted molar refractivity (Wildman–Crippen MR) is 74.8 cm³/mol. The standard InChI is InChI=1S/C14H18FNOS/c1-3-13(16-2)14(17,9-15)11-5-4-10-6-7-18-12(10)8-11/h4-8,13,16-17H,3,9H2,1-2H3.